The Kier molecular flexibility index (Phi) is 9.72. The summed E-state index contributed by atoms with van der Waals surface area (Å²) < 4.78 is 11.6. The van der Waals surface area contributed by atoms with Crippen molar-refractivity contribution < 1.29 is 23.9 Å². The van der Waals surface area contributed by atoms with Crippen LogP contribution in [0, 0.1) is 0 Å². The largest absolute Gasteiger partial charge is 0.488 e. The summed E-state index contributed by atoms with van der Waals surface area (Å²) in [7, 11) is 0. The number of carbonyl (C=O) groups is 3. The van der Waals surface area contributed by atoms with Crippen molar-refractivity contribution in [3.05, 3.63) is 108 Å². The molecule has 0 aromatic heterocycles. The summed E-state index contributed by atoms with van der Waals surface area (Å²) in [6.45, 7) is 2.88. The highest BCUT2D eigenvalue weighted by atomic mass is 16.6. The minimum atomic E-state index is -0.415. The standard InChI is InChI=1S/C31H33N3O5/c1-24(36)34(27-15-10-18-33(19-27)31(37)39-22-26-13-6-3-7-14-26)20-29(32-23-35)28-16-8-9-17-30(28)38-21-25-11-4-2-5-12-25/h2-9,11-14,16-17,20,23,27H,10,15,18-19,21-22H2,1H3,(H,32,35)/b29-20-. The van der Waals surface area contributed by atoms with Gasteiger partial charge in [0, 0.05) is 31.8 Å². The zero-order valence-corrected chi connectivity index (χ0v) is 22.0. The molecule has 0 bridgehead atoms. The Morgan fingerprint density at radius 3 is 2.26 bits per heavy atom. The van der Waals surface area contributed by atoms with Crippen LogP contribution in [0.5, 0.6) is 5.75 Å². The third kappa shape index (κ3) is 7.70. The number of hydrogen-bond donors (Lipinski definition) is 1. The monoisotopic (exact) mass is 527 g/mol. The molecule has 0 radical (unpaired) electrons. The van der Waals surface area contributed by atoms with Crippen molar-refractivity contribution in [2.75, 3.05) is 13.1 Å². The van der Waals surface area contributed by atoms with Gasteiger partial charge in [-0.2, -0.15) is 0 Å². The molecule has 0 saturated carbocycles. The molecular weight excluding hydrogens is 494 g/mol. The fourth-order valence-electron chi connectivity index (χ4n) is 4.55. The fourth-order valence-corrected chi connectivity index (χ4v) is 4.55. The number of hydrogen-bond acceptors (Lipinski definition) is 5. The lowest BCUT2D eigenvalue weighted by Crippen LogP contribution is -2.49. The molecule has 3 aromatic rings. The van der Waals surface area contributed by atoms with E-state index in [-0.39, 0.29) is 18.6 Å². The van der Waals surface area contributed by atoms with Crippen LogP contribution < -0.4 is 10.1 Å². The highest BCUT2D eigenvalue weighted by Gasteiger charge is 2.30. The number of nitrogens with zero attached hydrogens (tertiary/aromatic N) is 2. The summed E-state index contributed by atoms with van der Waals surface area (Å²) in [4.78, 5) is 40.4. The Hall–Kier alpha value is -4.59. The molecule has 1 heterocycles. The molecule has 39 heavy (non-hydrogen) atoms. The number of likely N-dealkylation sites (tertiary alicyclic amines) is 1. The average molecular weight is 528 g/mol. The van der Waals surface area contributed by atoms with Gasteiger partial charge in [-0.1, -0.05) is 72.8 Å². The summed E-state index contributed by atoms with van der Waals surface area (Å²) in [6, 6.07) is 26.3. The Morgan fingerprint density at radius 1 is 0.949 bits per heavy atom. The second-order valence-corrected chi connectivity index (χ2v) is 9.28. The number of para-hydroxylation sites is 1. The molecule has 0 spiro atoms. The van der Waals surface area contributed by atoms with Crippen LogP contribution in [-0.2, 0) is 27.5 Å². The van der Waals surface area contributed by atoms with Crippen LogP contribution >= 0.6 is 0 Å². The first-order valence-corrected chi connectivity index (χ1v) is 13.0. The van der Waals surface area contributed by atoms with Gasteiger partial charge in [-0.15, -0.1) is 0 Å². The normalized spacial score (nSPS) is 15.3. The Labute approximate surface area is 228 Å². The van der Waals surface area contributed by atoms with Crippen molar-refractivity contribution in [2.45, 2.75) is 39.0 Å². The van der Waals surface area contributed by atoms with Crippen molar-refractivity contribution in [3.8, 4) is 5.75 Å². The van der Waals surface area contributed by atoms with Gasteiger partial charge in [0.1, 0.15) is 19.0 Å². The van der Waals surface area contributed by atoms with Crippen molar-refractivity contribution in [1.82, 2.24) is 15.1 Å². The van der Waals surface area contributed by atoms with E-state index in [9.17, 15) is 14.4 Å². The van der Waals surface area contributed by atoms with Crippen molar-refractivity contribution in [2.24, 2.45) is 0 Å². The van der Waals surface area contributed by atoms with Crippen molar-refractivity contribution in [1.29, 1.82) is 0 Å². The van der Waals surface area contributed by atoms with Gasteiger partial charge in [-0.25, -0.2) is 4.79 Å². The minimum absolute atomic E-state index is 0.185. The predicted octanol–water partition coefficient (Wildman–Crippen LogP) is 4.96. The smallest absolute Gasteiger partial charge is 0.410 e. The Bertz CT molecular complexity index is 1280. The second kappa shape index (κ2) is 13.8. The number of amides is 3. The first-order valence-electron chi connectivity index (χ1n) is 13.0. The van der Waals surface area contributed by atoms with Gasteiger partial charge in [-0.05, 0) is 36.1 Å². The number of nitrogens with one attached hydrogen (secondary N) is 1. The van der Waals surface area contributed by atoms with Crippen LogP contribution in [0.4, 0.5) is 4.79 Å². The van der Waals surface area contributed by atoms with Gasteiger partial charge in [0.15, 0.2) is 0 Å². The van der Waals surface area contributed by atoms with Gasteiger partial charge in [0.25, 0.3) is 0 Å². The van der Waals surface area contributed by atoms with Crippen LogP contribution in [-0.4, -0.2) is 47.3 Å². The number of piperidine rings is 1. The zero-order valence-electron chi connectivity index (χ0n) is 22.0. The molecule has 1 N–H and O–H groups in total. The van der Waals surface area contributed by atoms with Crippen molar-refractivity contribution >= 4 is 24.1 Å². The van der Waals surface area contributed by atoms with E-state index >= 15 is 0 Å². The predicted molar refractivity (Wildman–Crippen MR) is 148 cm³/mol. The molecule has 4 rings (SSSR count). The average Bonchev–Trinajstić information content (AvgIpc) is 2.98. The quantitative estimate of drug-likeness (QED) is 0.377. The van der Waals surface area contributed by atoms with E-state index in [1.807, 2.05) is 84.9 Å². The lowest BCUT2D eigenvalue weighted by atomic mass is 10.0. The first-order chi connectivity index (χ1) is 19.0. The van der Waals surface area contributed by atoms with E-state index in [4.69, 9.17) is 9.47 Å². The van der Waals surface area contributed by atoms with E-state index < -0.39 is 6.09 Å². The van der Waals surface area contributed by atoms with Gasteiger partial charge < -0.3 is 24.6 Å². The summed E-state index contributed by atoms with van der Waals surface area (Å²) in [5, 5.41) is 2.74. The lowest BCUT2D eigenvalue weighted by Gasteiger charge is -2.37. The maximum atomic E-state index is 12.8. The van der Waals surface area contributed by atoms with Gasteiger partial charge >= 0.3 is 6.09 Å². The van der Waals surface area contributed by atoms with Crippen LogP contribution in [0.2, 0.25) is 0 Å². The van der Waals surface area contributed by atoms with E-state index in [0.29, 0.717) is 49.5 Å². The van der Waals surface area contributed by atoms with Crippen molar-refractivity contribution in [3.63, 3.8) is 0 Å². The van der Waals surface area contributed by atoms with Crippen LogP contribution in [0.3, 0.4) is 0 Å². The van der Waals surface area contributed by atoms with E-state index in [2.05, 4.69) is 5.32 Å². The SMILES string of the molecule is CC(=O)N(/C=C(\NC=O)c1ccccc1OCc1ccccc1)C1CCCN(C(=O)OCc2ccccc2)C1. The molecule has 1 fully saturated rings. The molecule has 8 heteroatoms. The third-order valence-corrected chi connectivity index (χ3v) is 6.51. The fraction of sp³-hybridized carbons (Fsp3) is 0.258. The van der Waals surface area contributed by atoms with Crippen LogP contribution in [0.1, 0.15) is 36.5 Å². The summed E-state index contributed by atoms with van der Waals surface area (Å²) in [5.74, 6) is 0.368. The molecule has 1 aliphatic rings. The molecule has 1 saturated heterocycles. The number of benzene rings is 3. The molecule has 1 aliphatic heterocycles. The molecule has 8 nitrogen and oxygen atoms in total. The topological polar surface area (TPSA) is 88.2 Å². The van der Waals surface area contributed by atoms with Crippen LogP contribution in [0.25, 0.3) is 5.70 Å². The summed E-state index contributed by atoms with van der Waals surface area (Å²) >= 11 is 0. The molecule has 202 valence electrons. The number of rotatable bonds is 10. The lowest BCUT2D eigenvalue weighted by molar-refractivity contribution is -0.129. The Morgan fingerprint density at radius 2 is 1.59 bits per heavy atom. The van der Waals surface area contributed by atoms with Gasteiger partial charge in [0.05, 0.1) is 11.7 Å². The maximum Gasteiger partial charge on any atom is 0.410 e. The molecule has 1 atom stereocenters. The van der Waals surface area contributed by atoms with E-state index in [1.165, 1.54) is 6.92 Å². The highest BCUT2D eigenvalue weighted by molar-refractivity contribution is 5.81. The zero-order chi connectivity index (χ0) is 27.5. The van der Waals surface area contributed by atoms with E-state index in [0.717, 1.165) is 17.5 Å². The molecule has 3 amide bonds. The number of ether oxygens (including phenoxy) is 2. The molecule has 0 aliphatic carbocycles. The third-order valence-electron chi connectivity index (χ3n) is 6.51. The van der Waals surface area contributed by atoms with Crippen LogP contribution in [0.15, 0.2) is 91.1 Å². The molecule has 1 unspecified atom stereocenters. The molecule has 3 aromatic carbocycles. The molecular formula is C31H33N3O5. The van der Waals surface area contributed by atoms with Gasteiger partial charge in [-0.3, -0.25) is 9.59 Å². The van der Waals surface area contributed by atoms with E-state index in [1.54, 1.807) is 16.0 Å². The Balaban J connectivity index is 1.50. The first kappa shape index (κ1) is 27.4. The van der Waals surface area contributed by atoms with Gasteiger partial charge in [0.2, 0.25) is 12.3 Å². The minimum Gasteiger partial charge on any atom is -0.488 e. The highest BCUT2D eigenvalue weighted by Crippen LogP contribution is 2.27. The summed E-state index contributed by atoms with van der Waals surface area (Å²) in [5.41, 5.74) is 2.98. The number of carbonyl (C=O) groups excluding carboxylic acids is 3. The second-order valence-electron chi connectivity index (χ2n) is 9.28. The summed E-state index contributed by atoms with van der Waals surface area (Å²) in [6.07, 6.45) is 3.22. The maximum absolute atomic E-state index is 12.8.